The minimum Gasteiger partial charge on any atom is -0.308 e. The maximum atomic E-state index is 13.2. The van der Waals surface area contributed by atoms with E-state index in [4.69, 9.17) is 0 Å². The van der Waals surface area contributed by atoms with E-state index in [0.29, 0.717) is 11.2 Å². The van der Waals surface area contributed by atoms with Crippen LogP contribution in [-0.2, 0) is 12.7 Å². The van der Waals surface area contributed by atoms with Crippen LogP contribution in [0.2, 0.25) is 0 Å². The lowest BCUT2D eigenvalue weighted by Gasteiger charge is -2.15. The van der Waals surface area contributed by atoms with Crippen LogP contribution in [0.15, 0.2) is 42.6 Å². The maximum Gasteiger partial charge on any atom is 0.416 e. The number of fused-ring (bicyclic) bond motifs is 1. The molecule has 2 aromatic heterocycles. The lowest BCUT2D eigenvalue weighted by molar-refractivity contribution is -0.138. The Balaban J connectivity index is 2.14. The second-order valence-corrected chi connectivity index (χ2v) is 5.71. The largest absolute Gasteiger partial charge is 0.416 e. The second-order valence-electron chi connectivity index (χ2n) is 5.71. The Labute approximate surface area is 131 Å². The molecule has 120 valence electrons. The van der Waals surface area contributed by atoms with Crippen LogP contribution in [0.3, 0.4) is 0 Å². The van der Waals surface area contributed by atoms with Gasteiger partial charge in [0.1, 0.15) is 11.3 Å². The molecule has 0 aliphatic rings. The Morgan fingerprint density at radius 2 is 1.83 bits per heavy atom. The fourth-order valence-corrected chi connectivity index (χ4v) is 2.68. The molecule has 1 aromatic carbocycles. The van der Waals surface area contributed by atoms with Crippen LogP contribution in [0.5, 0.6) is 0 Å². The van der Waals surface area contributed by atoms with Crippen LogP contribution in [0.25, 0.3) is 11.2 Å². The zero-order chi connectivity index (χ0) is 16.6. The third kappa shape index (κ3) is 2.93. The SMILES string of the molecule is CC(C)c1nc2cccnc2n1Cc1ccccc1C(F)(F)F. The predicted octanol–water partition coefficient (Wildman–Crippen LogP) is 4.62. The van der Waals surface area contributed by atoms with Gasteiger partial charge in [0.15, 0.2) is 5.65 Å². The molecule has 23 heavy (non-hydrogen) atoms. The molecule has 0 radical (unpaired) electrons. The minimum atomic E-state index is -4.38. The van der Waals surface area contributed by atoms with E-state index in [1.807, 2.05) is 19.9 Å². The van der Waals surface area contributed by atoms with Crippen molar-refractivity contribution < 1.29 is 13.2 Å². The summed E-state index contributed by atoms with van der Waals surface area (Å²) in [5.74, 6) is 0.818. The average molecular weight is 319 g/mol. The summed E-state index contributed by atoms with van der Waals surface area (Å²) >= 11 is 0. The van der Waals surface area contributed by atoms with Crippen molar-refractivity contribution in [3.8, 4) is 0 Å². The van der Waals surface area contributed by atoms with Crippen molar-refractivity contribution in [2.45, 2.75) is 32.5 Å². The number of alkyl halides is 3. The van der Waals surface area contributed by atoms with E-state index in [2.05, 4.69) is 9.97 Å². The molecular weight excluding hydrogens is 303 g/mol. The van der Waals surface area contributed by atoms with E-state index < -0.39 is 11.7 Å². The van der Waals surface area contributed by atoms with Gasteiger partial charge in [-0.25, -0.2) is 9.97 Å². The molecule has 0 fully saturated rings. The van der Waals surface area contributed by atoms with E-state index in [9.17, 15) is 13.2 Å². The Morgan fingerprint density at radius 3 is 2.52 bits per heavy atom. The molecule has 6 heteroatoms. The highest BCUT2D eigenvalue weighted by molar-refractivity contribution is 5.71. The van der Waals surface area contributed by atoms with E-state index >= 15 is 0 Å². The number of nitrogens with zero attached hydrogens (tertiary/aromatic N) is 3. The zero-order valence-corrected chi connectivity index (χ0v) is 12.8. The molecule has 0 unspecified atom stereocenters. The first-order valence-electron chi connectivity index (χ1n) is 7.34. The predicted molar refractivity (Wildman–Crippen MR) is 82.2 cm³/mol. The molecule has 0 bridgehead atoms. The monoisotopic (exact) mass is 319 g/mol. The van der Waals surface area contributed by atoms with E-state index in [1.165, 1.54) is 12.1 Å². The summed E-state index contributed by atoms with van der Waals surface area (Å²) in [6, 6.07) is 9.22. The van der Waals surface area contributed by atoms with E-state index in [-0.39, 0.29) is 18.0 Å². The zero-order valence-electron chi connectivity index (χ0n) is 12.8. The highest BCUT2D eigenvalue weighted by Gasteiger charge is 2.33. The van der Waals surface area contributed by atoms with Crippen molar-refractivity contribution in [3.63, 3.8) is 0 Å². The summed E-state index contributed by atoms with van der Waals surface area (Å²) in [5.41, 5.74) is 0.896. The molecule has 0 aliphatic carbocycles. The van der Waals surface area contributed by atoms with Crippen LogP contribution in [0.1, 0.15) is 36.7 Å². The molecule has 3 nitrogen and oxygen atoms in total. The fourth-order valence-electron chi connectivity index (χ4n) is 2.68. The third-order valence-corrected chi connectivity index (χ3v) is 3.70. The van der Waals surface area contributed by atoms with E-state index in [1.54, 1.807) is 22.9 Å². The first-order chi connectivity index (χ1) is 10.9. The standard InChI is InChI=1S/C17H16F3N3/c1-11(2)15-22-14-8-5-9-21-16(14)23(15)10-12-6-3-4-7-13(12)17(18,19)20/h3-9,11H,10H2,1-2H3. The number of pyridine rings is 1. The second kappa shape index (κ2) is 5.68. The first kappa shape index (κ1) is 15.5. The normalized spacial score (nSPS) is 12.3. The molecule has 0 saturated carbocycles. The molecule has 0 atom stereocenters. The van der Waals surface area contributed by atoms with Gasteiger partial charge in [0.05, 0.1) is 12.1 Å². The van der Waals surface area contributed by atoms with Gasteiger partial charge in [-0.1, -0.05) is 32.0 Å². The summed E-state index contributed by atoms with van der Waals surface area (Å²) in [4.78, 5) is 8.81. The highest BCUT2D eigenvalue weighted by Crippen LogP contribution is 2.33. The molecule has 0 amide bonds. The highest BCUT2D eigenvalue weighted by atomic mass is 19.4. The van der Waals surface area contributed by atoms with Gasteiger partial charge in [-0.05, 0) is 23.8 Å². The Kier molecular flexibility index (Phi) is 3.83. The van der Waals surface area contributed by atoms with Gasteiger partial charge in [0.2, 0.25) is 0 Å². The van der Waals surface area contributed by atoms with Gasteiger partial charge in [0.25, 0.3) is 0 Å². The van der Waals surface area contributed by atoms with Crippen LogP contribution in [0.4, 0.5) is 13.2 Å². The van der Waals surface area contributed by atoms with Crippen LogP contribution in [0, 0.1) is 0 Å². The molecule has 0 N–H and O–H groups in total. The topological polar surface area (TPSA) is 30.7 Å². The van der Waals surface area contributed by atoms with Gasteiger partial charge in [-0.3, -0.25) is 0 Å². The summed E-state index contributed by atoms with van der Waals surface area (Å²) in [7, 11) is 0. The smallest absolute Gasteiger partial charge is 0.308 e. The number of rotatable bonds is 3. The van der Waals surface area contributed by atoms with Gasteiger partial charge in [-0.15, -0.1) is 0 Å². The van der Waals surface area contributed by atoms with Gasteiger partial charge in [0, 0.05) is 12.1 Å². The molecule has 0 aliphatic heterocycles. The summed E-state index contributed by atoms with van der Waals surface area (Å²) in [6.45, 7) is 4.03. The molecule has 2 heterocycles. The quantitative estimate of drug-likeness (QED) is 0.705. The first-order valence-corrected chi connectivity index (χ1v) is 7.34. The summed E-state index contributed by atoms with van der Waals surface area (Å²) in [5, 5.41) is 0. The van der Waals surface area contributed by atoms with Gasteiger partial charge in [-0.2, -0.15) is 13.2 Å². The molecule has 0 saturated heterocycles. The minimum absolute atomic E-state index is 0.0854. The maximum absolute atomic E-state index is 13.2. The molecule has 0 spiro atoms. The Morgan fingerprint density at radius 1 is 1.09 bits per heavy atom. The number of imidazole rings is 1. The summed E-state index contributed by atoms with van der Waals surface area (Å²) in [6.07, 6.45) is -2.75. The third-order valence-electron chi connectivity index (χ3n) is 3.70. The van der Waals surface area contributed by atoms with Crippen molar-refractivity contribution in [3.05, 3.63) is 59.5 Å². The van der Waals surface area contributed by atoms with Gasteiger partial charge >= 0.3 is 6.18 Å². The van der Waals surface area contributed by atoms with Crippen molar-refractivity contribution in [2.24, 2.45) is 0 Å². The molecule has 3 rings (SSSR count). The number of benzene rings is 1. The Hall–Kier alpha value is -2.37. The van der Waals surface area contributed by atoms with E-state index in [0.717, 1.165) is 11.9 Å². The van der Waals surface area contributed by atoms with Crippen LogP contribution >= 0.6 is 0 Å². The van der Waals surface area contributed by atoms with Gasteiger partial charge < -0.3 is 4.57 Å². The van der Waals surface area contributed by atoms with Crippen molar-refractivity contribution >= 4 is 11.2 Å². The fraction of sp³-hybridized carbons (Fsp3) is 0.294. The number of hydrogen-bond acceptors (Lipinski definition) is 2. The molecular formula is C17H16F3N3. The Bertz CT molecular complexity index is 834. The average Bonchev–Trinajstić information content (AvgIpc) is 2.86. The van der Waals surface area contributed by atoms with Crippen molar-refractivity contribution in [2.75, 3.05) is 0 Å². The van der Waals surface area contributed by atoms with Crippen LogP contribution < -0.4 is 0 Å². The van der Waals surface area contributed by atoms with Crippen LogP contribution in [-0.4, -0.2) is 14.5 Å². The number of hydrogen-bond donors (Lipinski definition) is 0. The lowest BCUT2D eigenvalue weighted by atomic mass is 10.1. The number of aromatic nitrogens is 3. The molecule has 3 aromatic rings. The lowest BCUT2D eigenvalue weighted by Crippen LogP contribution is -2.13. The number of halogens is 3. The van der Waals surface area contributed by atoms with Crippen molar-refractivity contribution in [1.82, 2.24) is 14.5 Å². The van der Waals surface area contributed by atoms with Crippen molar-refractivity contribution in [1.29, 1.82) is 0 Å². The summed E-state index contributed by atoms with van der Waals surface area (Å²) < 4.78 is 41.4.